The van der Waals surface area contributed by atoms with Crippen LogP contribution in [-0.2, 0) is 4.79 Å². The molecular weight excluding hydrogens is 326 g/mol. The van der Waals surface area contributed by atoms with Gasteiger partial charge >= 0.3 is 0 Å². The molecule has 0 aliphatic carbocycles. The van der Waals surface area contributed by atoms with Crippen LogP contribution in [0, 0.1) is 0 Å². The van der Waals surface area contributed by atoms with Gasteiger partial charge in [0.1, 0.15) is 5.75 Å². The molecule has 1 amide bonds. The van der Waals surface area contributed by atoms with Gasteiger partial charge < -0.3 is 14.1 Å². The molecule has 1 aromatic heterocycles. The Bertz CT molecular complexity index is 704. The van der Waals surface area contributed by atoms with Crippen LogP contribution in [0.3, 0.4) is 0 Å². The van der Waals surface area contributed by atoms with Gasteiger partial charge in [0.25, 0.3) is 5.22 Å². The lowest BCUT2D eigenvalue weighted by molar-refractivity contribution is -0.131. The van der Waals surface area contributed by atoms with Crippen LogP contribution in [-0.4, -0.2) is 46.5 Å². The summed E-state index contributed by atoms with van der Waals surface area (Å²) >= 11 is 1.29. The quantitative estimate of drug-likeness (QED) is 0.774. The van der Waals surface area contributed by atoms with E-state index in [4.69, 9.17) is 9.15 Å². The van der Waals surface area contributed by atoms with Gasteiger partial charge in [0, 0.05) is 18.2 Å². The minimum Gasteiger partial charge on any atom is -0.497 e. The SMILES string of the molecule is COc1cccc(-c2nnc(SCC(=O)N3CCCCC3C)o2)c1. The Hall–Kier alpha value is -2.02. The Morgan fingerprint density at radius 3 is 3.08 bits per heavy atom. The fraction of sp³-hybridized carbons (Fsp3) is 0.471. The maximum Gasteiger partial charge on any atom is 0.277 e. The predicted octanol–water partition coefficient (Wildman–Crippen LogP) is 3.24. The molecule has 0 radical (unpaired) electrons. The summed E-state index contributed by atoms with van der Waals surface area (Å²) < 4.78 is 10.8. The lowest BCUT2D eigenvalue weighted by Crippen LogP contribution is -2.42. The van der Waals surface area contributed by atoms with Gasteiger partial charge in [-0.25, -0.2) is 0 Å². The number of benzene rings is 1. The number of ether oxygens (including phenoxy) is 1. The van der Waals surface area contributed by atoms with Crippen LogP contribution in [0.25, 0.3) is 11.5 Å². The van der Waals surface area contributed by atoms with Gasteiger partial charge in [-0.3, -0.25) is 4.79 Å². The number of likely N-dealkylation sites (tertiary alicyclic amines) is 1. The molecule has 2 aromatic rings. The van der Waals surface area contributed by atoms with Gasteiger partial charge in [-0.05, 0) is 44.4 Å². The molecule has 1 fully saturated rings. The standard InChI is InChI=1S/C17H21N3O3S/c1-12-6-3-4-9-20(12)15(21)11-24-17-19-18-16(23-17)13-7-5-8-14(10-13)22-2/h5,7-8,10,12H,3-4,6,9,11H2,1-2H3. The summed E-state index contributed by atoms with van der Waals surface area (Å²) in [6.45, 7) is 2.95. The first kappa shape index (κ1) is 16.8. The molecule has 2 heterocycles. The summed E-state index contributed by atoms with van der Waals surface area (Å²) in [4.78, 5) is 14.3. The van der Waals surface area contributed by atoms with Crippen LogP contribution >= 0.6 is 11.8 Å². The van der Waals surface area contributed by atoms with E-state index in [1.807, 2.05) is 29.2 Å². The number of amides is 1. The Kier molecular flexibility index (Phi) is 5.40. The molecule has 0 spiro atoms. The number of hydrogen-bond acceptors (Lipinski definition) is 6. The molecule has 128 valence electrons. The molecule has 0 bridgehead atoms. The van der Waals surface area contributed by atoms with Crippen molar-refractivity contribution in [1.82, 2.24) is 15.1 Å². The fourth-order valence-corrected chi connectivity index (χ4v) is 3.47. The third-order valence-corrected chi connectivity index (χ3v) is 4.97. The van der Waals surface area contributed by atoms with Crippen molar-refractivity contribution in [3.8, 4) is 17.2 Å². The minimum absolute atomic E-state index is 0.133. The topological polar surface area (TPSA) is 68.5 Å². The van der Waals surface area contributed by atoms with Crippen molar-refractivity contribution in [1.29, 1.82) is 0 Å². The Morgan fingerprint density at radius 2 is 2.29 bits per heavy atom. The van der Waals surface area contributed by atoms with Crippen LogP contribution in [0.5, 0.6) is 5.75 Å². The lowest BCUT2D eigenvalue weighted by Gasteiger charge is -2.33. The highest BCUT2D eigenvalue weighted by Gasteiger charge is 2.23. The maximum absolute atomic E-state index is 12.3. The molecule has 1 aliphatic rings. The summed E-state index contributed by atoms with van der Waals surface area (Å²) in [6.07, 6.45) is 3.36. The number of hydrogen-bond donors (Lipinski definition) is 0. The number of methoxy groups -OCH3 is 1. The van der Waals surface area contributed by atoms with Crippen molar-refractivity contribution < 1.29 is 13.9 Å². The third-order valence-electron chi connectivity index (χ3n) is 4.17. The van der Waals surface area contributed by atoms with Crippen LogP contribution in [0.1, 0.15) is 26.2 Å². The highest BCUT2D eigenvalue weighted by Crippen LogP contribution is 2.26. The van der Waals surface area contributed by atoms with E-state index in [0.29, 0.717) is 22.9 Å². The first-order valence-corrected chi connectivity index (χ1v) is 9.06. The second-order valence-corrected chi connectivity index (χ2v) is 6.75. The molecule has 0 N–H and O–H groups in total. The molecule has 1 saturated heterocycles. The first-order valence-electron chi connectivity index (χ1n) is 8.07. The summed E-state index contributed by atoms with van der Waals surface area (Å²) in [7, 11) is 1.61. The van der Waals surface area contributed by atoms with Crippen molar-refractivity contribution >= 4 is 17.7 Å². The molecule has 1 aliphatic heterocycles. The van der Waals surface area contributed by atoms with Gasteiger partial charge in [0.05, 0.1) is 12.9 Å². The van der Waals surface area contributed by atoms with E-state index >= 15 is 0 Å². The van der Waals surface area contributed by atoms with Gasteiger partial charge in [-0.15, -0.1) is 10.2 Å². The van der Waals surface area contributed by atoms with Gasteiger partial charge in [-0.1, -0.05) is 17.8 Å². The highest BCUT2D eigenvalue weighted by atomic mass is 32.2. The lowest BCUT2D eigenvalue weighted by atomic mass is 10.0. The smallest absolute Gasteiger partial charge is 0.277 e. The van der Waals surface area contributed by atoms with E-state index in [0.717, 1.165) is 30.7 Å². The van der Waals surface area contributed by atoms with E-state index in [-0.39, 0.29) is 5.91 Å². The normalized spacial score (nSPS) is 17.8. The van der Waals surface area contributed by atoms with Crippen molar-refractivity contribution in [2.75, 3.05) is 19.4 Å². The predicted molar refractivity (Wildman–Crippen MR) is 92.0 cm³/mol. The van der Waals surface area contributed by atoms with Gasteiger partial charge in [-0.2, -0.15) is 0 Å². The van der Waals surface area contributed by atoms with Gasteiger partial charge in [0.2, 0.25) is 11.8 Å². The third kappa shape index (κ3) is 3.90. The second kappa shape index (κ2) is 7.70. The molecule has 6 nitrogen and oxygen atoms in total. The minimum atomic E-state index is 0.133. The number of carbonyl (C=O) groups excluding carboxylic acids is 1. The molecule has 1 aromatic carbocycles. The van der Waals surface area contributed by atoms with E-state index in [2.05, 4.69) is 17.1 Å². The van der Waals surface area contributed by atoms with E-state index in [1.54, 1.807) is 7.11 Å². The maximum atomic E-state index is 12.3. The molecule has 7 heteroatoms. The average molecular weight is 347 g/mol. The number of carbonyl (C=O) groups is 1. The molecular formula is C17H21N3O3S. The van der Waals surface area contributed by atoms with Crippen LogP contribution in [0.15, 0.2) is 33.9 Å². The zero-order chi connectivity index (χ0) is 16.9. The molecule has 24 heavy (non-hydrogen) atoms. The Morgan fingerprint density at radius 1 is 1.42 bits per heavy atom. The van der Waals surface area contributed by atoms with Crippen LogP contribution in [0.2, 0.25) is 0 Å². The van der Waals surface area contributed by atoms with Crippen LogP contribution < -0.4 is 4.74 Å². The number of piperidine rings is 1. The first-order chi connectivity index (χ1) is 11.7. The number of rotatable bonds is 5. The Labute approximate surface area is 145 Å². The van der Waals surface area contributed by atoms with E-state index in [9.17, 15) is 4.79 Å². The monoisotopic (exact) mass is 347 g/mol. The zero-order valence-electron chi connectivity index (χ0n) is 13.9. The summed E-state index contributed by atoms with van der Waals surface area (Å²) in [5.74, 6) is 1.61. The fourth-order valence-electron chi connectivity index (χ4n) is 2.82. The van der Waals surface area contributed by atoms with Crippen molar-refractivity contribution in [2.45, 2.75) is 37.5 Å². The van der Waals surface area contributed by atoms with Crippen LogP contribution in [0.4, 0.5) is 0 Å². The largest absolute Gasteiger partial charge is 0.497 e. The molecule has 1 atom stereocenters. The van der Waals surface area contributed by atoms with Crippen molar-refractivity contribution in [2.24, 2.45) is 0 Å². The number of nitrogens with zero attached hydrogens (tertiary/aromatic N) is 3. The second-order valence-electron chi connectivity index (χ2n) is 5.83. The number of thioether (sulfide) groups is 1. The van der Waals surface area contributed by atoms with Crippen molar-refractivity contribution in [3.05, 3.63) is 24.3 Å². The Balaban J connectivity index is 1.60. The zero-order valence-corrected chi connectivity index (χ0v) is 14.7. The molecule has 1 unspecified atom stereocenters. The van der Waals surface area contributed by atoms with E-state index in [1.165, 1.54) is 18.2 Å². The number of aromatic nitrogens is 2. The molecule has 0 saturated carbocycles. The summed E-state index contributed by atoms with van der Waals surface area (Å²) in [6, 6.07) is 7.76. The van der Waals surface area contributed by atoms with E-state index < -0.39 is 0 Å². The molecule has 3 rings (SSSR count). The van der Waals surface area contributed by atoms with Gasteiger partial charge in [0.15, 0.2) is 0 Å². The average Bonchev–Trinajstić information content (AvgIpc) is 3.09. The summed E-state index contributed by atoms with van der Waals surface area (Å²) in [5, 5.41) is 8.48. The summed E-state index contributed by atoms with van der Waals surface area (Å²) in [5.41, 5.74) is 0.796. The highest BCUT2D eigenvalue weighted by molar-refractivity contribution is 7.99. The van der Waals surface area contributed by atoms with Crippen molar-refractivity contribution in [3.63, 3.8) is 0 Å².